The van der Waals surface area contributed by atoms with Gasteiger partial charge in [-0.05, 0) is 80.4 Å². The van der Waals surface area contributed by atoms with Gasteiger partial charge in [0.15, 0.2) is 0 Å². The van der Waals surface area contributed by atoms with Crippen LogP contribution in [0.3, 0.4) is 0 Å². The second-order valence-corrected chi connectivity index (χ2v) is 9.36. The van der Waals surface area contributed by atoms with Gasteiger partial charge in [-0.2, -0.15) is 0 Å². The number of nitrogens with zero attached hydrogens (tertiary/aromatic N) is 3. The van der Waals surface area contributed by atoms with E-state index in [0.29, 0.717) is 0 Å². The van der Waals surface area contributed by atoms with E-state index >= 15 is 0 Å². The number of carbonyl (C=O) groups excluding carboxylic acids is 1. The first-order valence-corrected chi connectivity index (χ1v) is 11.8. The molecule has 1 N–H and O–H groups in total. The molecule has 3 aromatic rings. The van der Waals surface area contributed by atoms with Crippen LogP contribution >= 0.6 is 0 Å². The zero-order valence-electron chi connectivity index (χ0n) is 18.6. The molecule has 1 saturated carbocycles. The fourth-order valence-electron chi connectivity index (χ4n) is 5.22. The van der Waals surface area contributed by atoms with Crippen molar-refractivity contribution in [3.8, 4) is 5.69 Å². The lowest BCUT2D eigenvalue weighted by atomic mass is 9.90. The van der Waals surface area contributed by atoms with Gasteiger partial charge < -0.3 is 9.88 Å². The number of likely N-dealkylation sites (tertiary alicyclic amines) is 1. The fourth-order valence-corrected chi connectivity index (χ4v) is 5.22. The topological polar surface area (TPSA) is 50.2 Å². The Hall–Kier alpha value is -2.92. The molecule has 1 atom stereocenters. The van der Waals surface area contributed by atoms with E-state index in [1.54, 1.807) is 0 Å². The van der Waals surface area contributed by atoms with Gasteiger partial charge in [-0.15, -0.1) is 0 Å². The monoisotopic (exact) mass is 428 g/mol. The highest BCUT2D eigenvalue weighted by Gasteiger charge is 2.58. The minimum Gasteiger partial charge on any atom is -0.356 e. The number of amides is 1. The zero-order valence-corrected chi connectivity index (χ0v) is 18.6. The summed E-state index contributed by atoms with van der Waals surface area (Å²) in [5.41, 5.74) is 3.99. The van der Waals surface area contributed by atoms with E-state index in [1.807, 2.05) is 24.5 Å². The number of piperidine rings is 1. The summed E-state index contributed by atoms with van der Waals surface area (Å²) in [6.45, 7) is 3.85. The van der Waals surface area contributed by atoms with Crippen LogP contribution < -0.4 is 5.32 Å². The second kappa shape index (κ2) is 9.29. The van der Waals surface area contributed by atoms with Crippen molar-refractivity contribution in [1.29, 1.82) is 0 Å². The summed E-state index contributed by atoms with van der Waals surface area (Å²) >= 11 is 0. The van der Waals surface area contributed by atoms with Crippen molar-refractivity contribution >= 4 is 5.91 Å². The van der Waals surface area contributed by atoms with Gasteiger partial charge >= 0.3 is 0 Å². The molecular weight excluding hydrogens is 396 g/mol. The van der Waals surface area contributed by atoms with Gasteiger partial charge in [-0.3, -0.25) is 14.7 Å². The van der Waals surface area contributed by atoms with E-state index in [4.69, 9.17) is 0 Å². The smallest absolute Gasteiger partial charge is 0.223 e. The molecule has 1 unspecified atom stereocenters. The molecule has 5 nitrogen and oxygen atoms in total. The Morgan fingerprint density at radius 1 is 1.06 bits per heavy atom. The van der Waals surface area contributed by atoms with Crippen molar-refractivity contribution in [2.75, 3.05) is 19.6 Å². The van der Waals surface area contributed by atoms with Crippen molar-refractivity contribution in [3.63, 3.8) is 0 Å². The lowest BCUT2D eigenvalue weighted by Crippen LogP contribution is -2.37. The maximum Gasteiger partial charge on any atom is 0.223 e. The van der Waals surface area contributed by atoms with Gasteiger partial charge in [0, 0.05) is 37.1 Å². The van der Waals surface area contributed by atoms with E-state index in [-0.39, 0.29) is 17.2 Å². The second-order valence-electron chi connectivity index (χ2n) is 9.36. The van der Waals surface area contributed by atoms with Crippen LogP contribution in [0.25, 0.3) is 5.69 Å². The average Bonchev–Trinajstić information content (AvgIpc) is 3.34. The number of pyridine rings is 1. The standard InChI is InChI=1S/C27H32N4O/c32-26(29-15-4-9-22-7-2-1-3-8-22)25-19-27(25)12-17-30(18-13-27)21-24-11-6-16-31(24)23-10-5-14-28-20-23/h1-3,5-8,10-11,14,16,20,25H,4,9,12-13,15,17-19,21H2,(H,29,32). The molecule has 2 aromatic heterocycles. The largest absolute Gasteiger partial charge is 0.356 e. The molecule has 0 bridgehead atoms. The van der Waals surface area contributed by atoms with Gasteiger partial charge in [-0.1, -0.05) is 30.3 Å². The summed E-state index contributed by atoms with van der Waals surface area (Å²) < 4.78 is 2.22. The van der Waals surface area contributed by atoms with Crippen LogP contribution in [0.2, 0.25) is 0 Å². The Balaban J connectivity index is 1.07. The minimum atomic E-state index is 0.223. The summed E-state index contributed by atoms with van der Waals surface area (Å²) in [6.07, 6.45) is 11.2. The number of aromatic nitrogens is 2. The van der Waals surface area contributed by atoms with Gasteiger partial charge in [-0.25, -0.2) is 0 Å². The third-order valence-electron chi connectivity index (χ3n) is 7.29. The molecule has 1 spiro atoms. The van der Waals surface area contributed by atoms with Crippen LogP contribution in [0.4, 0.5) is 0 Å². The van der Waals surface area contributed by atoms with E-state index in [1.165, 1.54) is 11.3 Å². The first kappa shape index (κ1) is 21.0. The maximum absolute atomic E-state index is 12.7. The Bertz CT molecular complexity index is 1020. The SMILES string of the molecule is O=C(NCCCc1ccccc1)C1CC12CCN(Cc1cccn1-c1cccnc1)CC2. The number of aryl methyl sites for hydroxylation is 1. The predicted molar refractivity (Wildman–Crippen MR) is 126 cm³/mol. The quantitative estimate of drug-likeness (QED) is 0.547. The predicted octanol–water partition coefficient (Wildman–Crippen LogP) is 4.22. The van der Waals surface area contributed by atoms with Crippen molar-refractivity contribution < 1.29 is 4.79 Å². The normalized spacial score (nSPS) is 19.7. The Morgan fingerprint density at radius 2 is 1.91 bits per heavy atom. The highest BCUT2D eigenvalue weighted by Crippen LogP contribution is 2.59. The Kier molecular flexibility index (Phi) is 6.08. The number of hydrogen-bond donors (Lipinski definition) is 1. The minimum absolute atomic E-state index is 0.223. The molecule has 5 rings (SSSR count). The molecule has 5 heteroatoms. The molecule has 3 heterocycles. The maximum atomic E-state index is 12.7. The summed E-state index contributed by atoms with van der Waals surface area (Å²) in [5.74, 6) is 0.498. The van der Waals surface area contributed by atoms with Gasteiger partial charge in [0.2, 0.25) is 5.91 Å². The fraction of sp³-hybridized carbons (Fsp3) is 0.407. The molecule has 2 fully saturated rings. The molecular formula is C27H32N4O. The van der Waals surface area contributed by atoms with Crippen molar-refractivity contribution in [2.45, 2.75) is 38.6 Å². The number of carbonyl (C=O) groups is 1. The molecule has 1 aliphatic carbocycles. The molecule has 1 aliphatic heterocycles. The van der Waals surface area contributed by atoms with Gasteiger partial charge in [0.1, 0.15) is 0 Å². The number of benzene rings is 1. The van der Waals surface area contributed by atoms with Gasteiger partial charge in [0.25, 0.3) is 0 Å². The first-order chi connectivity index (χ1) is 15.7. The van der Waals surface area contributed by atoms with Crippen LogP contribution in [0.15, 0.2) is 73.2 Å². The lowest BCUT2D eigenvalue weighted by Gasteiger charge is -2.33. The molecule has 1 aromatic carbocycles. The van der Waals surface area contributed by atoms with Crippen LogP contribution in [0.5, 0.6) is 0 Å². The van der Waals surface area contributed by atoms with E-state index in [0.717, 1.165) is 64.0 Å². The highest BCUT2D eigenvalue weighted by molar-refractivity contribution is 5.82. The summed E-state index contributed by atoms with van der Waals surface area (Å²) in [4.78, 5) is 19.5. The third-order valence-corrected chi connectivity index (χ3v) is 7.29. The molecule has 1 amide bonds. The summed E-state index contributed by atoms with van der Waals surface area (Å²) in [5, 5.41) is 3.20. The number of rotatable bonds is 8. The molecule has 1 saturated heterocycles. The van der Waals surface area contributed by atoms with E-state index in [9.17, 15) is 4.79 Å². The number of hydrogen-bond acceptors (Lipinski definition) is 3. The van der Waals surface area contributed by atoms with Crippen LogP contribution in [0, 0.1) is 11.3 Å². The van der Waals surface area contributed by atoms with Crippen molar-refractivity contribution in [2.24, 2.45) is 11.3 Å². The van der Waals surface area contributed by atoms with E-state index in [2.05, 4.69) is 68.4 Å². The summed E-state index contributed by atoms with van der Waals surface area (Å²) in [7, 11) is 0. The highest BCUT2D eigenvalue weighted by atomic mass is 16.2. The first-order valence-electron chi connectivity index (χ1n) is 11.8. The van der Waals surface area contributed by atoms with Crippen molar-refractivity contribution in [1.82, 2.24) is 19.8 Å². The Morgan fingerprint density at radius 3 is 2.69 bits per heavy atom. The molecule has 2 aliphatic rings. The van der Waals surface area contributed by atoms with Gasteiger partial charge in [0.05, 0.1) is 11.9 Å². The Labute approximate surface area is 190 Å². The molecule has 0 radical (unpaired) electrons. The summed E-state index contributed by atoms with van der Waals surface area (Å²) in [6, 6.07) is 18.9. The molecule has 166 valence electrons. The van der Waals surface area contributed by atoms with Crippen LogP contribution in [-0.2, 0) is 17.8 Å². The van der Waals surface area contributed by atoms with E-state index < -0.39 is 0 Å². The van der Waals surface area contributed by atoms with Crippen molar-refractivity contribution in [3.05, 3.63) is 84.4 Å². The van der Waals surface area contributed by atoms with Crippen LogP contribution in [0.1, 0.15) is 36.9 Å². The average molecular weight is 429 g/mol. The third kappa shape index (κ3) is 4.63. The number of nitrogens with one attached hydrogen (secondary N) is 1. The zero-order chi connectivity index (χ0) is 21.8. The lowest BCUT2D eigenvalue weighted by molar-refractivity contribution is -0.123. The molecule has 32 heavy (non-hydrogen) atoms. The van der Waals surface area contributed by atoms with Crippen LogP contribution in [-0.4, -0.2) is 40.0 Å².